The highest BCUT2D eigenvalue weighted by molar-refractivity contribution is 5.91. The smallest absolute Gasteiger partial charge is 0.338 e. The van der Waals surface area contributed by atoms with Crippen molar-refractivity contribution < 1.29 is 19.2 Å². The van der Waals surface area contributed by atoms with E-state index in [2.05, 4.69) is 0 Å². The Balaban J connectivity index is 2.16. The lowest BCUT2D eigenvalue weighted by Crippen LogP contribution is -2.07. The Kier molecular flexibility index (Phi) is 4.80. The summed E-state index contributed by atoms with van der Waals surface area (Å²) in [5, 5.41) is 10.9. The van der Waals surface area contributed by atoms with E-state index >= 15 is 0 Å². The number of nitrogen functional groups attached to an aromatic ring is 1. The Morgan fingerprint density at radius 3 is 2.65 bits per heavy atom. The number of nitro groups is 1. The predicted octanol–water partition coefficient (Wildman–Crippen LogP) is 2.85. The van der Waals surface area contributed by atoms with Crippen LogP contribution in [-0.4, -0.2) is 18.0 Å². The zero-order valence-corrected chi connectivity index (χ0v) is 12.7. The van der Waals surface area contributed by atoms with Gasteiger partial charge in [0.05, 0.1) is 17.6 Å². The quantitative estimate of drug-likeness (QED) is 0.393. The van der Waals surface area contributed by atoms with Crippen molar-refractivity contribution in [2.75, 3.05) is 12.8 Å². The summed E-state index contributed by atoms with van der Waals surface area (Å²) in [4.78, 5) is 22.3. The van der Waals surface area contributed by atoms with Gasteiger partial charge in [-0.25, -0.2) is 4.79 Å². The summed E-state index contributed by atoms with van der Waals surface area (Å²) in [7, 11) is 1.53. The Labute approximate surface area is 132 Å². The van der Waals surface area contributed by atoms with E-state index in [1.54, 1.807) is 6.07 Å². The molecule has 0 unspecified atom stereocenters. The van der Waals surface area contributed by atoms with Crippen molar-refractivity contribution in [1.82, 2.24) is 0 Å². The van der Waals surface area contributed by atoms with Crippen LogP contribution in [0.15, 0.2) is 36.4 Å². The fourth-order valence-electron chi connectivity index (χ4n) is 2.08. The summed E-state index contributed by atoms with van der Waals surface area (Å²) in [5.74, 6) is -0.0663. The number of aryl methyl sites for hydroxylation is 1. The molecule has 7 nitrogen and oxygen atoms in total. The van der Waals surface area contributed by atoms with E-state index in [0.717, 1.165) is 11.6 Å². The van der Waals surface area contributed by atoms with E-state index in [-0.39, 0.29) is 23.5 Å². The molecular weight excluding hydrogens is 300 g/mol. The second-order valence-electron chi connectivity index (χ2n) is 4.92. The highest BCUT2D eigenvalue weighted by atomic mass is 16.6. The third-order valence-corrected chi connectivity index (χ3v) is 3.26. The van der Waals surface area contributed by atoms with Crippen LogP contribution in [0, 0.1) is 17.0 Å². The first-order chi connectivity index (χ1) is 10.9. The van der Waals surface area contributed by atoms with E-state index in [1.807, 2.05) is 19.1 Å². The standard InChI is InChI=1S/C16H16N2O5/c1-10-3-6-15(22-2)12(7-10)9-23-16(19)11-4-5-13(17)14(8-11)18(20)21/h3-8H,9,17H2,1-2H3. The van der Waals surface area contributed by atoms with Gasteiger partial charge in [0.1, 0.15) is 18.0 Å². The first kappa shape index (κ1) is 16.3. The fraction of sp³-hybridized carbons (Fsp3) is 0.188. The van der Waals surface area contributed by atoms with E-state index in [4.69, 9.17) is 15.2 Å². The second-order valence-corrected chi connectivity index (χ2v) is 4.92. The van der Waals surface area contributed by atoms with Crippen molar-refractivity contribution in [3.05, 3.63) is 63.2 Å². The molecule has 2 N–H and O–H groups in total. The molecule has 2 aromatic carbocycles. The Morgan fingerprint density at radius 2 is 2.00 bits per heavy atom. The molecule has 2 rings (SSSR count). The number of methoxy groups -OCH3 is 1. The van der Waals surface area contributed by atoms with Crippen LogP contribution >= 0.6 is 0 Å². The number of rotatable bonds is 5. The molecule has 2 aromatic rings. The molecule has 0 bridgehead atoms. The topological polar surface area (TPSA) is 105 Å². The summed E-state index contributed by atoms with van der Waals surface area (Å²) in [6, 6.07) is 9.31. The Morgan fingerprint density at radius 1 is 1.26 bits per heavy atom. The van der Waals surface area contributed by atoms with Crippen molar-refractivity contribution in [1.29, 1.82) is 0 Å². The van der Waals surface area contributed by atoms with Crippen LogP contribution in [0.3, 0.4) is 0 Å². The molecule has 0 atom stereocenters. The summed E-state index contributed by atoms with van der Waals surface area (Å²) >= 11 is 0. The monoisotopic (exact) mass is 316 g/mol. The Hall–Kier alpha value is -3.09. The normalized spacial score (nSPS) is 10.2. The summed E-state index contributed by atoms with van der Waals surface area (Å²) in [5.41, 5.74) is 6.95. The van der Waals surface area contributed by atoms with Crippen LogP contribution < -0.4 is 10.5 Å². The van der Waals surface area contributed by atoms with Crippen molar-refractivity contribution in [3.63, 3.8) is 0 Å². The number of benzene rings is 2. The van der Waals surface area contributed by atoms with Gasteiger partial charge in [0.2, 0.25) is 0 Å². The van der Waals surface area contributed by atoms with Gasteiger partial charge < -0.3 is 15.2 Å². The SMILES string of the molecule is COc1ccc(C)cc1COC(=O)c1ccc(N)c([N+](=O)[O-])c1. The molecular formula is C16H16N2O5. The van der Waals surface area contributed by atoms with Crippen LogP contribution in [0.4, 0.5) is 11.4 Å². The van der Waals surface area contributed by atoms with Gasteiger partial charge in [0, 0.05) is 11.6 Å². The first-order valence-electron chi connectivity index (χ1n) is 6.77. The van der Waals surface area contributed by atoms with Gasteiger partial charge in [-0.15, -0.1) is 0 Å². The third-order valence-electron chi connectivity index (χ3n) is 3.26. The summed E-state index contributed by atoms with van der Waals surface area (Å²) < 4.78 is 10.4. The van der Waals surface area contributed by atoms with E-state index < -0.39 is 10.9 Å². The molecule has 0 aliphatic heterocycles. The molecule has 0 saturated carbocycles. The Bertz CT molecular complexity index is 758. The minimum absolute atomic E-state index is 0.00185. The molecule has 0 heterocycles. The average Bonchev–Trinajstić information content (AvgIpc) is 2.52. The molecule has 0 aliphatic rings. The first-order valence-corrected chi connectivity index (χ1v) is 6.77. The fourth-order valence-corrected chi connectivity index (χ4v) is 2.08. The highest BCUT2D eigenvalue weighted by Crippen LogP contribution is 2.24. The van der Waals surface area contributed by atoms with Crippen molar-refractivity contribution in [2.45, 2.75) is 13.5 Å². The maximum Gasteiger partial charge on any atom is 0.338 e. The number of nitro benzene ring substituents is 1. The van der Waals surface area contributed by atoms with Gasteiger partial charge >= 0.3 is 5.97 Å². The number of hydrogen-bond acceptors (Lipinski definition) is 6. The molecule has 0 aromatic heterocycles. The second kappa shape index (κ2) is 6.78. The number of nitrogens with zero attached hydrogens (tertiary/aromatic N) is 1. The zero-order valence-electron chi connectivity index (χ0n) is 12.7. The number of esters is 1. The average molecular weight is 316 g/mol. The molecule has 0 amide bonds. The maximum atomic E-state index is 12.1. The minimum Gasteiger partial charge on any atom is -0.496 e. The number of anilines is 1. The number of nitrogens with two attached hydrogens (primary N) is 1. The van der Waals surface area contributed by atoms with Gasteiger partial charge in [-0.2, -0.15) is 0 Å². The van der Waals surface area contributed by atoms with E-state index in [9.17, 15) is 14.9 Å². The third kappa shape index (κ3) is 3.76. The molecule has 0 spiro atoms. The molecule has 23 heavy (non-hydrogen) atoms. The van der Waals surface area contributed by atoms with Crippen molar-refractivity contribution in [2.24, 2.45) is 0 Å². The number of carbonyl (C=O) groups is 1. The zero-order chi connectivity index (χ0) is 17.0. The van der Waals surface area contributed by atoms with Crippen LogP contribution in [0.25, 0.3) is 0 Å². The highest BCUT2D eigenvalue weighted by Gasteiger charge is 2.17. The van der Waals surface area contributed by atoms with E-state index in [1.165, 1.54) is 19.2 Å². The van der Waals surface area contributed by atoms with Gasteiger partial charge in [0.25, 0.3) is 5.69 Å². The number of ether oxygens (including phenoxy) is 2. The van der Waals surface area contributed by atoms with E-state index in [0.29, 0.717) is 11.3 Å². The van der Waals surface area contributed by atoms with Gasteiger partial charge in [-0.3, -0.25) is 10.1 Å². The van der Waals surface area contributed by atoms with Crippen molar-refractivity contribution in [3.8, 4) is 5.75 Å². The largest absolute Gasteiger partial charge is 0.496 e. The van der Waals surface area contributed by atoms with Crippen molar-refractivity contribution >= 4 is 17.3 Å². The minimum atomic E-state index is -0.670. The van der Waals surface area contributed by atoms with Crippen LogP contribution in [0.5, 0.6) is 5.75 Å². The molecule has 0 saturated heterocycles. The number of carbonyl (C=O) groups excluding carboxylic acids is 1. The van der Waals surface area contributed by atoms with Crippen LogP contribution in [0.1, 0.15) is 21.5 Å². The maximum absolute atomic E-state index is 12.1. The van der Waals surface area contributed by atoms with Crippen LogP contribution in [0.2, 0.25) is 0 Å². The van der Waals surface area contributed by atoms with Gasteiger partial charge in [0.15, 0.2) is 0 Å². The lowest BCUT2D eigenvalue weighted by molar-refractivity contribution is -0.383. The molecule has 120 valence electrons. The molecule has 0 aliphatic carbocycles. The molecule has 0 radical (unpaired) electrons. The van der Waals surface area contributed by atoms with Crippen LogP contribution in [-0.2, 0) is 11.3 Å². The van der Waals surface area contributed by atoms with Gasteiger partial charge in [-0.1, -0.05) is 11.6 Å². The summed E-state index contributed by atoms with van der Waals surface area (Å²) in [6.45, 7) is 1.91. The lowest BCUT2D eigenvalue weighted by Gasteiger charge is -2.10. The lowest BCUT2D eigenvalue weighted by atomic mass is 10.1. The molecule has 7 heteroatoms. The predicted molar refractivity (Wildman–Crippen MR) is 84.4 cm³/mol. The van der Waals surface area contributed by atoms with Gasteiger partial charge in [-0.05, 0) is 31.2 Å². The molecule has 0 fully saturated rings. The summed E-state index contributed by atoms with van der Waals surface area (Å²) in [6.07, 6.45) is 0. The number of hydrogen-bond donors (Lipinski definition) is 1.